The lowest BCUT2D eigenvalue weighted by atomic mass is 9.82. The van der Waals surface area contributed by atoms with E-state index in [1.807, 2.05) is 0 Å². The van der Waals surface area contributed by atoms with Crippen LogP contribution in [0.2, 0.25) is 0 Å². The minimum absolute atomic E-state index is 0.206. The van der Waals surface area contributed by atoms with Crippen molar-refractivity contribution in [3.8, 4) is 0 Å². The van der Waals surface area contributed by atoms with Gasteiger partial charge in [0, 0.05) is 46.4 Å². The molecule has 0 unspecified atom stereocenters. The van der Waals surface area contributed by atoms with Crippen molar-refractivity contribution in [2.45, 2.75) is 39.5 Å². The molecule has 4 aromatic carbocycles. The fourth-order valence-corrected chi connectivity index (χ4v) is 3.86. The summed E-state index contributed by atoms with van der Waals surface area (Å²) in [7, 11) is 0. The van der Waals surface area contributed by atoms with Crippen molar-refractivity contribution in [3.05, 3.63) is 103 Å². The van der Waals surface area contributed by atoms with Gasteiger partial charge in [0.2, 0.25) is 0 Å². The molecule has 180 valence electrons. The van der Waals surface area contributed by atoms with Crippen molar-refractivity contribution in [1.82, 2.24) is 0 Å². The van der Waals surface area contributed by atoms with Gasteiger partial charge in [0.1, 0.15) is 0 Å². The molecule has 0 aliphatic heterocycles. The lowest BCUT2D eigenvalue weighted by Gasteiger charge is -2.23. The fourth-order valence-electron chi connectivity index (χ4n) is 3.86. The van der Waals surface area contributed by atoms with Crippen LogP contribution >= 0.6 is 0 Å². The summed E-state index contributed by atoms with van der Waals surface area (Å²) in [6.45, 7) is 9.83. The smallest absolute Gasteiger partial charge is 0.0385 e. The van der Waals surface area contributed by atoms with E-state index in [9.17, 15) is 0 Å². The average molecular weight is 465 g/mol. The predicted molar refractivity (Wildman–Crippen MR) is 153 cm³/mol. The van der Waals surface area contributed by atoms with Gasteiger partial charge >= 0.3 is 0 Å². The normalized spacial score (nSPS) is 11.1. The van der Waals surface area contributed by atoms with Crippen LogP contribution in [0.3, 0.4) is 0 Å². The molecule has 0 aliphatic carbocycles. The molecule has 0 atom stereocenters. The van der Waals surface area contributed by atoms with Crippen LogP contribution in [0.25, 0.3) is 0 Å². The van der Waals surface area contributed by atoms with Crippen molar-refractivity contribution in [3.63, 3.8) is 0 Å². The molecule has 0 heterocycles. The summed E-state index contributed by atoms with van der Waals surface area (Å²) in [5.74, 6) is 0. The van der Waals surface area contributed by atoms with Crippen molar-refractivity contribution in [2.75, 3.05) is 27.8 Å². The molecular weight excluding hydrogens is 428 g/mol. The van der Waals surface area contributed by atoms with Crippen LogP contribution in [0.15, 0.2) is 97.1 Å². The van der Waals surface area contributed by atoms with Crippen molar-refractivity contribution in [1.29, 1.82) is 0 Å². The first-order chi connectivity index (χ1) is 16.9. The van der Waals surface area contributed by atoms with Gasteiger partial charge in [-0.1, -0.05) is 32.9 Å². The summed E-state index contributed by atoms with van der Waals surface area (Å²) in [4.78, 5) is 0. The zero-order chi connectivity index (χ0) is 24.7. The maximum absolute atomic E-state index is 3.49. The van der Waals surface area contributed by atoms with Crippen LogP contribution in [0.5, 0.6) is 0 Å². The first-order valence-electron chi connectivity index (χ1n) is 12.4. The molecule has 4 nitrogen and oxygen atoms in total. The lowest BCUT2D eigenvalue weighted by Crippen LogP contribution is -2.15. The Morgan fingerprint density at radius 3 is 1.03 bits per heavy atom. The molecule has 0 saturated carbocycles. The molecular formula is C31H36N4. The van der Waals surface area contributed by atoms with Gasteiger partial charge in [0.15, 0.2) is 0 Å². The third kappa shape index (κ3) is 6.57. The predicted octanol–water partition coefficient (Wildman–Crippen LogP) is 9.04. The van der Waals surface area contributed by atoms with E-state index in [0.717, 1.165) is 52.8 Å². The number of nitrogens with one attached hydrogen (secondary N) is 4. The minimum atomic E-state index is 0.206. The van der Waals surface area contributed by atoms with Crippen LogP contribution in [0.1, 0.15) is 39.7 Å². The standard InChI is InChI=1S/C31H36N4/c1-5-31(3,4)23-7-9-25(10-8-23)33-27-15-17-29(18-16-27)35-30-21-19-28(20-22-30)34-26-13-11-24(12-14-26)32-6-2/h7-22,32-35H,5-6H2,1-4H3. The summed E-state index contributed by atoms with van der Waals surface area (Å²) in [6, 6.07) is 33.8. The average Bonchev–Trinajstić information content (AvgIpc) is 2.88. The number of benzene rings is 4. The molecule has 0 amide bonds. The van der Waals surface area contributed by atoms with Crippen molar-refractivity contribution in [2.24, 2.45) is 0 Å². The molecule has 35 heavy (non-hydrogen) atoms. The summed E-state index contributed by atoms with van der Waals surface area (Å²) in [5.41, 5.74) is 9.10. The number of hydrogen-bond donors (Lipinski definition) is 4. The third-order valence-electron chi connectivity index (χ3n) is 6.45. The first-order valence-corrected chi connectivity index (χ1v) is 12.4. The summed E-state index contributed by atoms with van der Waals surface area (Å²) in [5, 5.41) is 13.7. The molecule has 4 N–H and O–H groups in total. The molecule has 0 aromatic heterocycles. The highest BCUT2D eigenvalue weighted by Crippen LogP contribution is 2.29. The number of hydrogen-bond acceptors (Lipinski definition) is 4. The highest BCUT2D eigenvalue weighted by Gasteiger charge is 2.17. The minimum Gasteiger partial charge on any atom is -0.385 e. The second kappa shape index (κ2) is 11.0. The van der Waals surface area contributed by atoms with Gasteiger partial charge in [-0.05, 0) is 109 Å². The molecule has 0 fully saturated rings. The monoisotopic (exact) mass is 464 g/mol. The van der Waals surface area contributed by atoms with Gasteiger partial charge in [0.25, 0.3) is 0 Å². The van der Waals surface area contributed by atoms with E-state index in [4.69, 9.17) is 0 Å². The van der Waals surface area contributed by atoms with Gasteiger partial charge in [-0.3, -0.25) is 0 Å². The van der Waals surface area contributed by atoms with E-state index in [-0.39, 0.29) is 5.41 Å². The Labute approximate surface area is 209 Å². The zero-order valence-electron chi connectivity index (χ0n) is 21.2. The lowest BCUT2D eigenvalue weighted by molar-refractivity contribution is 0.506. The Hall–Kier alpha value is -3.92. The second-order valence-electron chi connectivity index (χ2n) is 9.45. The molecule has 4 heteroatoms. The maximum Gasteiger partial charge on any atom is 0.0385 e. The summed E-state index contributed by atoms with van der Waals surface area (Å²) in [6.07, 6.45) is 1.12. The van der Waals surface area contributed by atoms with Gasteiger partial charge in [0.05, 0.1) is 0 Å². The van der Waals surface area contributed by atoms with E-state index in [0.29, 0.717) is 0 Å². The van der Waals surface area contributed by atoms with Crippen molar-refractivity contribution < 1.29 is 0 Å². The summed E-state index contributed by atoms with van der Waals surface area (Å²) < 4.78 is 0. The highest BCUT2D eigenvalue weighted by molar-refractivity contribution is 5.69. The fraction of sp³-hybridized carbons (Fsp3) is 0.226. The largest absolute Gasteiger partial charge is 0.385 e. The first kappa shape index (κ1) is 24.2. The van der Waals surface area contributed by atoms with E-state index in [2.05, 4.69) is 146 Å². The Balaban J connectivity index is 1.32. The van der Waals surface area contributed by atoms with Gasteiger partial charge in [-0.2, -0.15) is 0 Å². The van der Waals surface area contributed by atoms with E-state index in [1.165, 1.54) is 5.56 Å². The Morgan fingerprint density at radius 2 is 0.743 bits per heavy atom. The Morgan fingerprint density at radius 1 is 0.457 bits per heavy atom. The van der Waals surface area contributed by atoms with Gasteiger partial charge in [-0.25, -0.2) is 0 Å². The maximum atomic E-state index is 3.49. The summed E-state index contributed by atoms with van der Waals surface area (Å²) >= 11 is 0. The molecule has 0 spiro atoms. The molecule has 4 aromatic rings. The molecule has 0 saturated heterocycles. The van der Waals surface area contributed by atoms with Gasteiger partial charge in [-0.15, -0.1) is 0 Å². The topological polar surface area (TPSA) is 48.1 Å². The molecule has 0 radical (unpaired) electrons. The van der Waals surface area contributed by atoms with Gasteiger partial charge < -0.3 is 21.3 Å². The molecule has 4 rings (SSSR count). The van der Waals surface area contributed by atoms with Crippen LogP contribution in [0, 0.1) is 0 Å². The number of rotatable bonds is 10. The Kier molecular flexibility index (Phi) is 7.61. The zero-order valence-corrected chi connectivity index (χ0v) is 21.2. The highest BCUT2D eigenvalue weighted by atomic mass is 14.9. The van der Waals surface area contributed by atoms with Crippen LogP contribution in [-0.4, -0.2) is 6.54 Å². The Bertz CT molecular complexity index is 1190. The van der Waals surface area contributed by atoms with E-state index in [1.54, 1.807) is 0 Å². The van der Waals surface area contributed by atoms with Crippen LogP contribution in [0.4, 0.5) is 39.8 Å². The number of anilines is 7. The SMILES string of the molecule is CCNc1ccc(Nc2ccc(Nc3ccc(Nc4ccc(C(C)(C)CC)cc4)cc3)cc2)cc1. The van der Waals surface area contributed by atoms with Crippen LogP contribution < -0.4 is 21.3 Å². The van der Waals surface area contributed by atoms with Crippen LogP contribution in [-0.2, 0) is 5.41 Å². The van der Waals surface area contributed by atoms with E-state index >= 15 is 0 Å². The van der Waals surface area contributed by atoms with Crippen molar-refractivity contribution >= 4 is 39.8 Å². The molecule has 0 bridgehead atoms. The van der Waals surface area contributed by atoms with E-state index < -0.39 is 0 Å². The third-order valence-corrected chi connectivity index (χ3v) is 6.45. The second-order valence-corrected chi connectivity index (χ2v) is 9.45. The molecule has 0 aliphatic rings. The quantitative estimate of drug-likeness (QED) is 0.189.